The minimum absolute atomic E-state index is 0.0321. The molecular weight excluding hydrogens is 769 g/mol. The Labute approximate surface area is 388 Å². The molecule has 302 valence electrons. The van der Waals surface area contributed by atoms with Crippen molar-refractivity contribution in [3.8, 4) is 50.9 Å². The number of imidazole rings is 1. The second-order valence-electron chi connectivity index (χ2n) is 15.4. The maximum Gasteiger partial charge on any atom is 0.269 e. The highest BCUT2D eigenvalue weighted by atomic mass is 16.5. The van der Waals surface area contributed by atoms with E-state index in [4.69, 9.17) is 21.2 Å². The van der Waals surface area contributed by atoms with Crippen molar-refractivity contribution in [3.63, 3.8) is 0 Å². The second kappa shape index (κ2) is 15.8. The normalized spacial score (nSPS) is 15.3. The minimum Gasteiger partial charge on any atom is -0.458 e. The number of benzene rings is 8. The highest BCUT2D eigenvalue weighted by Crippen LogP contribution is 2.38. The predicted octanol–water partition coefficient (Wildman–Crippen LogP) is 13.8. The summed E-state index contributed by atoms with van der Waals surface area (Å²) >= 11 is 0. The summed E-state index contributed by atoms with van der Waals surface area (Å²) in [6.45, 7) is 3.44. The molecule has 63 heavy (non-hydrogen) atoms. The van der Waals surface area contributed by atoms with Crippen molar-refractivity contribution in [2.45, 2.75) is 25.6 Å². The average Bonchev–Trinajstić information content (AvgIpc) is 3.98. The zero-order valence-corrected chi connectivity index (χ0v) is 34.0. The topological polar surface area (TPSA) is 35.9 Å². The van der Waals surface area contributed by atoms with Crippen molar-refractivity contribution >= 4 is 32.8 Å². The van der Waals surface area contributed by atoms with E-state index in [1.165, 1.54) is 0 Å². The van der Waals surface area contributed by atoms with Crippen LogP contribution in [-0.4, -0.2) is 14.1 Å². The van der Waals surface area contributed by atoms with E-state index < -0.39 is 84.4 Å². The Morgan fingerprint density at radius 2 is 1.29 bits per heavy atom. The highest BCUT2D eigenvalue weighted by molar-refractivity contribution is 6.09. The van der Waals surface area contributed by atoms with Gasteiger partial charge in [0.2, 0.25) is 0 Å². The molecule has 11 aromatic rings. The van der Waals surface area contributed by atoms with E-state index >= 15 is 0 Å². The molecule has 0 aliphatic carbocycles. The number of fused-ring (bicyclic) bond motifs is 4. The Hall–Kier alpha value is -8.02. The largest absolute Gasteiger partial charge is 0.458 e. The molecule has 11 rings (SSSR count). The first kappa shape index (κ1) is 25.0. The fourth-order valence-electron chi connectivity index (χ4n) is 8.15. The first-order valence-electron chi connectivity index (χ1n) is 27.7. The lowest BCUT2D eigenvalue weighted by Gasteiger charge is -2.25. The second-order valence-corrected chi connectivity index (χ2v) is 15.4. The highest BCUT2D eigenvalue weighted by Gasteiger charge is 2.23. The maximum absolute atomic E-state index is 9.62. The summed E-state index contributed by atoms with van der Waals surface area (Å²) in [4.78, 5) is 4.49. The van der Waals surface area contributed by atoms with Crippen LogP contribution in [-0.2, 0) is 11.8 Å². The van der Waals surface area contributed by atoms with Crippen molar-refractivity contribution in [1.29, 1.82) is 0 Å². The molecule has 0 bridgehead atoms. The summed E-state index contributed by atoms with van der Waals surface area (Å²) in [6.07, 6.45) is 0.595. The predicted molar refractivity (Wildman–Crippen MR) is 256 cm³/mol. The molecule has 8 aromatic carbocycles. The summed E-state index contributed by atoms with van der Waals surface area (Å²) in [6, 6.07) is 34.5. The Morgan fingerprint density at radius 1 is 0.635 bits per heavy atom. The van der Waals surface area contributed by atoms with Gasteiger partial charge in [-0.25, -0.2) is 4.98 Å². The molecule has 5 heteroatoms. The van der Waals surface area contributed by atoms with Crippen LogP contribution < -0.4 is 9.30 Å². The van der Waals surface area contributed by atoms with Gasteiger partial charge in [0, 0.05) is 25.8 Å². The van der Waals surface area contributed by atoms with E-state index in [1.54, 1.807) is 100 Å². The molecule has 0 saturated heterocycles. The lowest BCUT2D eigenvalue weighted by molar-refractivity contribution is -0.571. The van der Waals surface area contributed by atoms with Crippen molar-refractivity contribution in [1.82, 2.24) is 14.1 Å². The van der Waals surface area contributed by atoms with E-state index in [2.05, 4.69) is 11.3 Å². The molecule has 0 radical (unpaired) electrons. The van der Waals surface area contributed by atoms with Crippen LogP contribution >= 0.6 is 0 Å². The number of nitrogens with zero attached hydrogens (tertiary/aromatic N) is 4. The molecule has 0 atom stereocenters. The summed E-state index contributed by atoms with van der Waals surface area (Å²) in [5.74, 6) is 0.707. The summed E-state index contributed by atoms with van der Waals surface area (Å²) in [7, 11) is 0. The van der Waals surface area contributed by atoms with Gasteiger partial charge in [-0.3, -0.25) is 13.7 Å². The molecule has 5 nitrogen and oxygen atoms in total. The fraction of sp³-hybridized carbons (Fsp3) is 0.0690. The van der Waals surface area contributed by atoms with Gasteiger partial charge in [-0.2, -0.15) is 0 Å². The third-order valence-corrected chi connectivity index (χ3v) is 11.0. The molecule has 0 aliphatic heterocycles. The molecule has 0 amide bonds. The molecule has 0 N–H and O–H groups in total. The van der Waals surface area contributed by atoms with Crippen molar-refractivity contribution in [2.75, 3.05) is 0 Å². The van der Waals surface area contributed by atoms with Gasteiger partial charge < -0.3 is 4.74 Å². The average molecular weight is 828 g/mol. The minimum atomic E-state index is -2.31. The van der Waals surface area contributed by atoms with E-state index in [0.717, 1.165) is 10.8 Å². The van der Waals surface area contributed by atoms with Crippen molar-refractivity contribution in [3.05, 3.63) is 236 Å². The Bertz CT molecular complexity index is 4160. The van der Waals surface area contributed by atoms with Gasteiger partial charge in [-0.15, -0.1) is 0 Å². The molecule has 0 fully saturated rings. The zero-order valence-electron chi connectivity index (χ0n) is 49.0. The van der Waals surface area contributed by atoms with Crippen LogP contribution in [0.5, 0.6) is 11.5 Å². The number of ether oxygens (including phenoxy) is 1. The molecule has 3 heterocycles. The quantitative estimate of drug-likeness (QED) is 0.102. The first-order chi connectivity index (χ1) is 37.1. The molecule has 0 unspecified atom stereocenters. The molecule has 0 aliphatic rings. The SMILES string of the molecule is [2H]c1nc(-n2c3ccccc3c3ccc(Oc4cccc(-n5[c-][n+](-c6c(-c7c([2H])c([2H])c([2H])c([2H])c7[2H])cccc6-c6c([2H])c([2H])c([2H])c([2H])c6[2H])c6ccccc65)c4)cc32)c([2H])c(C([2H])([2H])C(C)(C)c2ccccc2)c1[2H]. The van der Waals surface area contributed by atoms with Crippen LogP contribution in [0.4, 0.5) is 0 Å². The molecule has 3 aromatic heterocycles. The number of aromatic nitrogens is 4. The van der Waals surface area contributed by atoms with Crippen LogP contribution in [0, 0.1) is 6.33 Å². The molecule has 0 saturated carbocycles. The van der Waals surface area contributed by atoms with Gasteiger partial charge >= 0.3 is 0 Å². The zero-order chi connectivity index (χ0) is 55.4. The number of rotatable bonds is 10. The Balaban J connectivity index is 1.06. The number of para-hydroxylation sites is 4. The monoisotopic (exact) mass is 827 g/mol. The summed E-state index contributed by atoms with van der Waals surface area (Å²) in [5, 5.41) is 1.55. The summed E-state index contributed by atoms with van der Waals surface area (Å²) < 4.78 is 145. The van der Waals surface area contributed by atoms with Crippen LogP contribution in [0.2, 0.25) is 0 Å². The molecular formula is C58H44N4O. The van der Waals surface area contributed by atoms with E-state index in [-0.39, 0.29) is 45.4 Å². The number of hydrogen-bond acceptors (Lipinski definition) is 2. The lowest BCUT2D eigenvalue weighted by atomic mass is 9.79. The van der Waals surface area contributed by atoms with Gasteiger partial charge in [-0.05, 0) is 93.7 Å². The van der Waals surface area contributed by atoms with E-state index in [9.17, 15) is 4.11 Å². The number of pyridine rings is 1. The lowest BCUT2D eigenvalue weighted by Crippen LogP contribution is -2.31. The number of hydrogen-bond donors (Lipinski definition) is 0. The van der Waals surface area contributed by atoms with Crippen molar-refractivity contribution < 1.29 is 29.9 Å². The fourth-order valence-corrected chi connectivity index (χ4v) is 8.15. The van der Waals surface area contributed by atoms with Crippen LogP contribution in [0.1, 0.15) is 45.5 Å². The third kappa shape index (κ3) is 7.04. The Kier molecular flexibility index (Phi) is 6.27. The van der Waals surface area contributed by atoms with Gasteiger partial charge in [0.15, 0.2) is 0 Å². The molecule has 0 spiro atoms. The third-order valence-electron chi connectivity index (χ3n) is 11.0. The first-order valence-corrected chi connectivity index (χ1v) is 20.2. The van der Waals surface area contributed by atoms with Crippen LogP contribution in [0.3, 0.4) is 0 Å². The van der Waals surface area contributed by atoms with Crippen molar-refractivity contribution in [2.24, 2.45) is 0 Å². The van der Waals surface area contributed by atoms with Gasteiger partial charge in [0.25, 0.3) is 6.33 Å². The standard InChI is InChI=1S/C58H44N4O/c1-58(2,44-22-10-5-11-23-44)39-41-34-35-59-56(36-41)62-52-29-13-12-26-50(52)51-33-32-47(38-55(51)62)63-46-25-16-24-45(37-46)60-40-61(54-31-15-14-30-53(54)60)57-48(42-18-6-3-7-19-42)27-17-28-49(57)43-20-8-4-9-21-43/h3-38H,39H2,1-2H3/i3D,4D,6D,7D,8D,9D,18D,19D,20D,21D,34D,35D,36D,39D2. The smallest absolute Gasteiger partial charge is 0.269 e. The van der Waals surface area contributed by atoms with E-state index in [0.29, 0.717) is 44.8 Å². The van der Waals surface area contributed by atoms with Gasteiger partial charge in [0.05, 0.1) is 51.3 Å². The van der Waals surface area contributed by atoms with Gasteiger partial charge in [0.1, 0.15) is 17.3 Å². The van der Waals surface area contributed by atoms with Crippen LogP contribution in [0.25, 0.3) is 72.3 Å². The van der Waals surface area contributed by atoms with Gasteiger partial charge in [-0.1, -0.05) is 171 Å². The summed E-state index contributed by atoms with van der Waals surface area (Å²) in [5.41, 5.74) is 1.92. The Morgan fingerprint density at radius 3 is 2.05 bits per heavy atom. The maximum atomic E-state index is 9.62. The van der Waals surface area contributed by atoms with Crippen LogP contribution in [0.15, 0.2) is 218 Å². The van der Waals surface area contributed by atoms with E-state index in [1.807, 2.05) is 66.7 Å².